The monoisotopic (exact) mass is 421 g/mol. The van der Waals surface area contributed by atoms with E-state index in [0.717, 1.165) is 29.0 Å². The Morgan fingerprint density at radius 3 is 2.45 bits per heavy atom. The van der Waals surface area contributed by atoms with E-state index in [1.54, 1.807) is 0 Å². The number of aryl methyl sites for hydroxylation is 1. The Kier molecular flexibility index (Phi) is 6.98. The van der Waals surface area contributed by atoms with Crippen molar-refractivity contribution in [3.63, 3.8) is 0 Å². The van der Waals surface area contributed by atoms with Gasteiger partial charge in [0, 0.05) is 5.54 Å². The number of rotatable bonds is 9. The zero-order chi connectivity index (χ0) is 20.9. The van der Waals surface area contributed by atoms with Gasteiger partial charge >= 0.3 is 7.82 Å². The zero-order valence-corrected chi connectivity index (χ0v) is 17.4. The van der Waals surface area contributed by atoms with Gasteiger partial charge in [0.25, 0.3) is 0 Å². The molecule has 158 valence electrons. The largest absolute Gasteiger partial charge is 0.490 e. The Balaban J connectivity index is 1.44. The molecule has 0 radical (unpaired) electrons. The quantitative estimate of drug-likeness (QED) is 0.420. The highest BCUT2D eigenvalue weighted by Crippen LogP contribution is 2.43. The van der Waals surface area contributed by atoms with Crippen LogP contribution in [0.1, 0.15) is 36.3 Å². The molecule has 29 heavy (non-hydrogen) atoms. The van der Waals surface area contributed by atoms with Gasteiger partial charge in [0.2, 0.25) is 0 Å². The van der Waals surface area contributed by atoms with E-state index in [0.29, 0.717) is 26.1 Å². The van der Waals surface area contributed by atoms with Crippen molar-refractivity contribution in [2.24, 2.45) is 5.73 Å². The second kappa shape index (κ2) is 9.28. The summed E-state index contributed by atoms with van der Waals surface area (Å²) in [4.78, 5) is 17.8. The van der Waals surface area contributed by atoms with Crippen LogP contribution >= 0.6 is 7.82 Å². The van der Waals surface area contributed by atoms with Crippen LogP contribution in [0.2, 0.25) is 0 Å². The Morgan fingerprint density at radius 1 is 1.10 bits per heavy atom. The molecular formula is C21H28NO6P. The second-order valence-corrected chi connectivity index (χ2v) is 8.89. The normalized spacial score (nSPS) is 21.9. The summed E-state index contributed by atoms with van der Waals surface area (Å²) in [5, 5.41) is 0. The van der Waals surface area contributed by atoms with Crippen molar-refractivity contribution in [3.8, 4) is 11.5 Å². The van der Waals surface area contributed by atoms with Crippen LogP contribution in [0.15, 0.2) is 48.5 Å². The topological polar surface area (TPSA) is 111 Å². The highest BCUT2D eigenvalue weighted by Gasteiger charge is 2.38. The maximum Gasteiger partial charge on any atom is 0.469 e. The van der Waals surface area contributed by atoms with Crippen LogP contribution in [0, 0.1) is 6.92 Å². The highest BCUT2D eigenvalue weighted by molar-refractivity contribution is 7.46. The van der Waals surface area contributed by atoms with Gasteiger partial charge in [-0.25, -0.2) is 4.57 Å². The van der Waals surface area contributed by atoms with Crippen LogP contribution in [0.3, 0.4) is 0 Å². The molecule has 1 aliphatic rings. The third kappa shape index (κ3) is 6.84. The Hall–Kier alpha value is -1.89. The first-order valence-electron chi connectivity index (χ1n) is 9.64. The Morgan fingerprint density at radius 2 is 1.79 bits per heavy atom. The molecule has 4 N–H and O–H groups in total. The second-order valence-electron chi connectivity index (χ2n) is 7.65. The molecule has 0 aromatic heterocycles. The lowest BCUT2D eigenvalue weighted by Crippen LogP contribution is -2.41. The van der Waals surface area contributed by atoms with Gasteiger partial charge in [0.05, 0.1) is 6.61 Å². The van der Waals surface area contributed by atoms with Crippen molar-refractivity contribution in [2.75, 3.05) is 19.8 Å². The number of phosphoric ester groups is 1. The van der Waals surface area contributed by atoms with Gasteiger partial charge in [-0.3, -0.25) is 4.52 Å². The summed E-state index contributed by atoms with van der Waals surface area (Å²) in [5.74, 6) is 1.83. The van der Waals surface area contributed by atoms with E-state index in [1.807, 2.05) is 55.5 Å². The van der Waals surface area contributed by atoms with Gasteiger partial charge in [-0.1, -0.05) is 24.3 Å². The SMILES string of the molecule is Cc1cccc(OCCOc2ccc([C@@H]3CC[C@](N)(COP(=O)(O)O)C3)cc2)c1. The van der Waals surface area contributed by atoms with Crippen molar-refractivity contribution >= 4 is 7.82 Å². The van der Waals surface area contributed by atoms with Gasteiger partial charge in [-0.2, -0.15) is 0 Å². The number of hydrogen-bond donors (Lipinski definition) is 3. The third-order valence-electron chi connectivity index (χ3n) is 5.13. The van der Waals surface area contributed by atoms with Gasteiger partial charge in [0.1, 0.15) is 24.7 Å². The third-order valence-corrected chi connectivity index (χ3v) is 5.59. The van der Waals surface area contributed by atoms with Crippen molar-refractivity contribution in [1.29, 1.82) is 0 Å². The van der Waals surface area contributed by atoms with E-state index < -0.39 is 13.4 Å². The van der Waals surface area contributed by atoms with Crippen molar-refractivity contribution in [3.05, 3.63) is 59.7 Å². The van der Waals surface area contributed by atoms with Crippen molar-refractivity contribution < 1.29 is 28.3 Å². The molecule has 3 rings (SSSR count). The molecule has 1 saturated carbocycles. The number of hydrogen-bond acceptors (Lipinski definition) is 5. The molecular weight excluding hydrogens is 393 g/mol. The van der Waals surface area contributed by atoms with E-state index in [1.165, 1.54) is 0 Å². The molecule has 0 saturated heterocycles. The van der Waals surface area contributed by atoms with Crippen LogP contribution in [0.25, 0.3) is 0 Å². The molecule has 2 aromatic carbocycles. The van der Waals surface area contributed by atoms with E-state index in [2.05, 4.69) is 4.52 Å². The van der Waals surface area contributed by atoms with Crippen LogP contribution < -0.4 is 15.2 Å². The zero-order valence-electron chi connectivity index (χ0n) is 16.5. The first kappa shape index (κ1) is 21.8. The summed E-state index contributed by atoms with van der Waals surface area (Å²) >= 11 is 0. The van der Waals surface area contributed by atoms with Crippen molar-refractivity contribution in [2.45, 2.75) is 37.6 Å². The van der Waals surface area contributed by atoms with Crippen LogP contribution in [-0.4, -0.2) is 35.1 Å². The fraction of sp³-hybridized carbons (Fsp3) is 0.429. The Bertz CT molecular complexity index is 853. The summed E-state index contributed by atoms with van der Waals surface area (Å²) in [6, 6.07) is 15.8. The minimum absolute atomic E-state index is 0.143. The minimum Gasteiger partial charge on any atom is -0.490 e. The molecule has 8 heteroatoms. The first-order chi connectivity index (χ1) is 13.7. The fourth-order valence-electron chi connectivity index (χ4n) is 3.65. The Labute approximate surface area is 171 Å². The summed E-state index contributed by atoms with van der Waals surface area (Å²) < 4.78 is 27.0. The molecule has 0 amide bonds. The molecule has 0 unspecified atom stereocenters. The molecule has 0 spiro atoms. The lowest BCUT2D eigenvalue weighted by Gasteiger charge is -2.24. The maximum atomic E-state index is 10.9. The summed E-state index contributed by atoms with van der Waals surface area (Å²) in [6.45, 7) is 2.79. The molecule has 1 aliphatic carbocycles. The molecule has 7 nitrogen and oxygen atoms in total. The number of benzene rings is 2. The molecule has 1 fully saturated rings. The predicted octanol–water partition coefficient (Wildman–Crippen LogP) is 3.53. The first-order valence-corrected chi connectivity index (χ1v) is 11.2. The average molecular weight is 421 g/mol. The minimum atomic E-state index is -4.50. The van der Waals surface area contributed by atoms with Crippen LogP contribution in [0.4, 0.5) is 0 Å². The smallest absolute Gasteiger partial charge is 0.469 e. The van der Waals surface area contributed by atoms with E-state index in [9.17, 15) is 4.57 Å². The molecule has 2 aromatic rings. The lowest BCUT2D eigenvalue weighted by molar-refractivity contribution is 0.153. The lowest BCUT2D eigenvalue weighted by atomic mass is 9.94. The number of phosphoric acid groups is 1. The number of ether oxygens (including phenoxy) is 2. The fourth-order valence-corrected chi connectivity index (χ4v) is 4.07. The van der Waals surface area contributed by atoms with Gasteiger partial charge < -0.3 is 25.0 Å². The van der Waals surface area contributed by atoms with Crippen LogP contribution in [0.5, 0.6) is 11.5 Å². The molecule has 0 bridgehead atoms. The molecule has 2 atom stereocenters. The summed E-state index contributed by atoms with van der Waals surface area (Å²) in [6.07, 6.45) is 2.13. The molecule has 0 heterocycles. The molecule has 0 aliphatic heterocycles. The van der Waals surface area contributed by atoms with E-state index >= 15 is 0 Å². The number of nitrogens with two attached hydrogens (primary N) is 1. The van der Waals surface area contributed by atoms with Gasteiger partial charge in [0.15, 0.2) is 0 Å². The summed E-state index contributed by atoms with van der Waals surface area (Å²) in [7, 11) is -4.50. The average Bonchev–Trinajstić information content (AvgIpc) is 3.07. The summed E-state index contributed by atoms with van der Waals surface area (Å²) in [5.41, 5.74) is 7.83. The van der Waals surface area contributed by atoms with E-state index in [-0.39, 0.29) is 12.5 Å². The van der Waals surface area contributed by atoms with Gasteiger partial charge in [-0.15, -0.1) is 0 Å². The predicted molar refractivity (Wildman–Crippen MR) is 110 cm³/mol. The van der Waals surface area contributed by atoms with Gasteiger partial charge in [-0.05, 0) is 67.5 Å². The van der Waals surface area contributed by atoms with E-state index in [4.69, 9.17) is 25.0 Å². The van der Waals surface area contributed by atoms with Crippen molar-refractivity contribution in [1.82, 2.24) is 0 Å². The van der Waals surface area contributed by atoms with Crippen LogP contribution in [-0.2, 0) is 9.09 Å². The maximum absolute atomic E-state index is 10.9. The highest BCUT2D eigenvalue weighted by atomic mass is 31.2. The standard InChI is InChI=1S/C21H28NO6P/c1-16-3-2-4-20(13-16)27-12-11-26-19-7-5-17(6-8-19)18-9-10-21(22,14-18)15-28-29(23,24)25/h2-8,13,18H,9-12,14-15,22H2,1H3,(H2,23,24,25)/t18-,21-/m1/s1.